The molecule has 0 heterocycles. The average molecular weight is 241 g/mol. The SMILES string of the molecule is CC(C)(C)[Si](C)(C)[C@@H]1CC(O)=C(CN)C1=O. The smallest absolute Gasteiger partial charge is 0.164 e. The lowest BCUT2D eigenvalue weighted by Crippen LogP contribution is -2.44. The zero-order valence-corrected chi connectivity index (χ0v) is 11.9. The van der Waals surface area contributed by atoms with Gasteiger partial charge in [0.15, 0.2) is 5.78 Å². The predicted octanol–water partition coefficient (Wildman–Crippen LogP) is 2.61. The monoisotopic (exact) mass is 241 g/mol. The van der Waals surface area contributed by atoms with E-state index < -0.39 is 8.07 Å². The zero-order valence-electron chi connectivity index (χ0n) is 10.9. The van der Waals surface area contributed by atoms with Crippen molar-refractivity contribution in [3.8, 4) is 0 Å². The molecule has 3 nitrogen and oxygen atoms in total. The topological polar surface area (TPSA) is 63.3 Å². The van der Waals surface area contributed by atoms with Crippen LogP contribution < -0.4 is 5.73 Å². The molecule has 0 unspecified atom stereocenters. The molecule has 1 aliphatic rings. The van der Waals surface area contributed by atoms with Crippen molar-refractivity contribution in [2.45, 2.75) is 50.9 Å². The number of rotatable bonds is 2. The van der Waals surface area contributed by atoms with Gasteiger partial charge in [-0.2, -0.15) is 0 Å². The minimum absolute atomic E-state index is 0.00829. The molecule has 4 heteroatoms. The predicted molar refractivity (Wildman–Crippen MR) is 69.3 cm³/mol. The molecule has 0 radical (unpaired) electrons. The van der Waals surface area contributed by atoms with Gasteiger partial charge in [-0.1, -0.05) is 33.9 Å². The van der Waals surface area contributed by atoms with E-state index in [-0.39, 0.29) is 28.7 Å². The van der Waals surface area contributed by atoms with Crippen LogP contribution in [0.5, 0.6) is 0 Å². The molecule has 1 atom stereocenters. The number of nitrogens with two attached hydrogens (primary N) is 1. The van der Waals surface area contributed by atoms with E-state index >= 15 is 0 Å². The molecular formula is C12H23NO2Si. The molecule has 0 amide bonds. The maximum Gasteiger partial charge on any atom is 0.164 e. The molecule has 0 saturated heterocycles. The Hall–Kier alpha value is -0.613. The van der Waals surface area contributed by atoms with E-state index in [1.165, 1.54) is 0 Å². The van der Waals surface area contributed by atoms with Crippen molar-refractivity contribution in [1.29, 1.82) is 0 Å². The van der Waals surface area contributed by atoms with Crippen molar-refractivity contribution in [1.82, 2.24) is 0 Å². The minimum Gasteiger partial charge on any atom is -0.512 e. The van der Waals surface area contributed by atoms with Crippen LogP contribution in [-0.2, 0) is 4.79 Å². The first-order valence-electron chi connectivity index (χ1n) is 5.78. The Morgan fingerprint density at radius 3 is 2.25 bits per heavy atom. The molecule has 3 N–H and O–H groups in total. The van der Waals surface area contributed by atoms with E-state index in [4.69, 9.17) is 5.73 Å². The maximum absolute atomic E-state index is 12.2. The van der Waals surface area contributed by atoms with Crippen LogP contribution in [0.2, 0.25) is 23.7 Å². The first-order valence-corrected chi connectivity index (χ1v) is 8.86. The summed E-state index contributed by atoms with van der Waals surface area (Å²) < 4.78 is 0. The molecule has 0 aliphatic heterocycles. The van der Waals surface area contributed by atoms with E-state index in [1.807, 2.05) is 0 Å². The maximum atomic E-state index is 12.2. The fraction of sp³-hybridized carbons (Fsp3) is 0.750. The van der Waals surface area contributed by atoms with Gasteiger partial charge in [0.2, 0.25) is 0 Å². The quantitative estimate of drug-likeness (QED) is 0.730. The van der Waals surface area contributed by atoms with Crippen molar-refractivity contribution in [2.24, 2.45) is 5.73 Å². The van der Waals surface area contributed by atoms with Crippen LogP contribution in [-0.4, -0.2) is 25.5 Å². The van der Waals surface area contributed by atoms with Gasteiger partial charge in [0, 0.05) is 24.1 Å². The summed E-state index contributed by atoms with van der Waals surface area (Å²) in [4.78, 5) is 12.2. The Morgan fingerprint density at radius 2 is 1.94 bits per heavy atom. The molecule has 0 spiro atoms. The highest BCUT2D eigenvalue weighted by Crippen LogP contribution is 2.49. The second-order valence-corrected chi connectivity index (χ2v) is 11.9. The van der Waals surface area contributed by atoms with Crippen LogP contribution in [0.1, 0.15) is 27.2 Å². The third kappa shape index (κ3) is 1.96. The van der Waals surface area contributed by atoms with E-state index in [0.29, 0.717) is 12.0 Å². The summed E-state index contributed by atoms with van der Waals surface area (Å²) in [6.45, 7) is 11.2. The molecule has 16 heavy (non-hydrogen) atoms. The van der Waals surface area contributed by atoms with Gasteiger partial charge >= 0.3 is 0 Å². The fourth-order valence-corrected chi connectivity index (χ4v) is 4.66. The lowest BCUT2D eigenvalue weighted by molar-refractivity contribution is -0.115. The van der Waals surface area contributed by atoms with E-state index in [9.17, 15) is 9.90 Å². The van der Waals surface area contributed by atoms with Gasteiger partial charge in [0.1, 0.15) is 5.76 Å². The normalized spacial score (nSPS) is 23.1. The van der Waals surface area contributed by atoms with Crippen LogP contribution in [0.4, 0.5) is 0 Å². The second kappa shape index (κ2) is 4.00. The van der Waals surface area contributed by atoms with Crippen LogP contribution in [0, 0.1) is 0 Å². The number of Topliss-reactive ketones (excluding diaryl/α,β-unsaturated/α-hetero) is 1. The number of allylic oxidation sites excluding steroid dienone is 1. The summed E-state index contributed by atoms with van der Waals surface area (Å²) in [6.07, 6.45) is 0.502. The van der Waals surface area contributed by atoms with Gasteiger partial charge in [-0.05, 0) is 5.04 Å². The first-order chi connectivity index (χ1) is 7.13. The Bertz CT molecular complexity index is 339. The number of carbonyl (C=O) groups excluding carboxylic acids is 1. The van der Waals surface area contributed by atoms with Gasteiger partial charge in [-0.25, -0.2) is 0 Å². The number of aliphatic hydroxyl groups excluding tert-OH is 1. The van der Waals surface area contributed by atoms with Gasteiger partial charge in [0.05, 0.1) is 8.07 Å². The summed E-state index contributed by atoms with van der Waals surface area (Å²) >= 11 is 0. The molecule has 0 fully saturated rings. The molecule has 92 valence electrons. The summed E-state index contributed by atoms with van der Waals surface area (Å²) in [6, 6.07) is 0. The largest absolute Gasteiger partial charge is 0.512 e. The molecule has 0 aromatic rings. The zero-order chi connectivity index (χ0) is 12.7. The highest BCUT2D eigenvalue weighted by molar-refractivity contribution is 6.84. The number of ketones is 1. The van der Waals surface area contributed by atoms with Crippen molar-refractivity contribution in [3.05, 3.63) is 11.3 Å². The Kier molecular flexibility index (Phi) is 3.36. The van der Waals surface area contributed by atoms with E-state index in [2.05, 4.69) is 33.9 Å². The second-order valence-electron chi connectivity index (χ2n) is 6.22. The molecule has 0 aromatic heterocycles. The van der Waals surface area contributed by atoms with Crippen LogP contribution in [0.15, 0.2) is 11.3 Å². The van der Waals surface area contributed by atoms with Crippen LogP contribution >= 0.6 is 0 Å². The van der Waals surface area contributed by atoms with Gasteiger partial charge < -0.3 is 10.8 Å². The molecule has 1 aliphatic carbocycles. The molecule has 0 saturated carbocycles. The number of aliphatic hydroxyl groups is 1. The number of hydrogen-bond acceptors (Lipinski definition) is 3. The summed E-state index contributed by atoms with van der Waals surface area (Å²) in [5.41, 5.74) is 5.95. The van der Waals surface area contributed by atoms with Crippen molar-refractivity contribution in [3.63, 3.8) is 0 Å². The molecule has 1 rings (SSSR count). The first kappa shape index (κ1) is 13.5. The van der Waals surface area contributed by atoms with E-state index in [1.54, 1.807) is 0 Å². The van der Waals surface area contributed by atoms with Crippen molar-refractivity contribution >= 4 is 13.9 Å². The minimum atomic E-state index is -1.74. The van der Waals surface area contributed by atoms with Crippen LogP contribution in [0.3, 0.4) is 0 Å². The lowest BCUT2D eigenvalue weighted by Gasteiger charge is -2.41. The molecular weight excluding hydrogens is 218 g/mol. The Balaban J connectivity index is 3.02. The molecule has 0 aromatic carbocycles. The summed E-state index contributed by atoms with van der Waals surface area (Å²) in [5, 5.41) is 9.91. The summed E-state index contributed by atoms with van der Waals surface area (Å²) in [5.74, 6) is 0.314. The van der Waals surface area contributed by atoms with Gasteiger partial charge in [-0.15, -0.1) is 0 Å². The average Bonchev–Trinajstić information content (AvgIpc) is 2.40. The number of carbonyl (C=O) groups is 1. The van der Waals surface area contributed by atoms with Crippen molar-refractivity contribution < 1.29 is 9.90 Å². The Labute approximate surface area is 98.7 Å². The van der Waals surface area contributed by atoms with Crippen molar-refractivity contribution in [2.75, 3.05) is 6.54 Å². The third-order valence-electron chi connectivity index (χ3n) is 4.37. The number of hydrogen-bond donors (Lipinski definition) is 2. The standard InChI is InChI=1S/C12H23NO2Si/c1-12(2,3)16(4,5)10-6-9(14)8(7-13)11(10)15/h10,14H,6-7,13H2,1-5H3/t10-/m1/s1. The molecule has 0 bridgehead atoms. The highest BCUT2D eigenvalue weighted by Gasteiger charge is 2.49. The van der Waals surface area contributed by atoms with Gasteiger partial charge in [0.25, 0.3) is 0 Å². The lowest BCUT2D eigenvalue weighted by atomic mass is 10.2. The third-order valence-corrected chi connectivity index (χ3v) is 10.4. The summed E-state index contributed by atoms with van der Waals surface area (Å²) in [7, 11) is -1.74. The van der Waals surface area contributed by atoms with Gasteiger partial charge in [-0.3, -0.25) is 4.79 Å². The van der Waals surface area contributed by atoms with Crippen LogP contribution in [0.25, 0.3) is 0 Å². The highest BCUT2D eigenvalue weighted by atomic mass is 28.3. The Morgan fingerprint density at radius 1 is 1.44 bits per heavy atom. The van der Waals surface area contributed by atoms with E-state index in [0.717, 1.165) is 0 Å². The fourth-order valence-electron chi connectivity index (χ4n) is 2.09.